The Hall–Kier alpha value is -1.39. The van der Waals surface area contributed by atoms with Gasteiger partial charge < -0.3 is 15.7 Å². The molecule has 4 heteroatoms. The number of hydrogen-bond donors (Lipinski definition) is 1. The molecule has 0 radical (unpaired) electrons. The number of hydrogen-bond acceptors (Lipinski definition) is 1. The number of benzene rings is 1. The fourth-order valence-corrected chi connectivity index (χ4v) is 2.07. The summed E-state index contributed by atoms with van der Waals surface area (Å²) in [6.45, 7) is 11.6. The van der Waals surface area contributed by atoms with Crippen molar-refractivity contribution in [2.24, 2.45) is 0 Å². The molecule has 0 aliphatic carbocycles. The van der Waals surface area contributed by atoms with E-state index in [0.29, 0.717) is 0 Å². The average molecular weight is 290 g/mol. The van der Waals surface area contributed by atoms with Crippen molar-refractivity contribution in [1.82, 2.24) is 0 Å². The molecule has 1 aromatic carbocycles. The summed E-state index contributed by atoms with van der Waals surface area (Å²) in [6, 6.07) is 8.16. The van der Waals surface area contributed by atoms with Crippen molar-refractivity contribution in [1.29, 1.82) is 0 Å². The predicted molar refractivity (Wildman–Crippen MR) is 86.8 cm³/mol. The maximum Gasteiger partial charge on any atom is 0.284 e. The highest BCUT2D eigenvalue weighted by molar-refractivity contribution is 5.79. The molecule has 21 heavy (non-hydrogen) atoms. The van der Waals surface area contributed by atoms with E-state index < -0.39 is 23.6 Å². The van der Waals surface area contributed by atoms with Crippen LogP contribution in [0.25, 0.3) is 10.6 Å². The Morgan fingerprint density at radius 1 is 0.952 bits per heavy atom. The molecule has 0 saturated carbocycles. The standard InChI is InChI=1S/C17H26N2O2/c1-16(2,3)18-13(12-10-8-7-9-11-12)14(15(20)21)19-17(4,5)6/h7-11,13-14H,1-6H3,(H,20,21)/q-2. The summed E-state index contributed by atoms with van der Waals surface area (Å²) in [6.07, 6.45) is 0. The van der Waals surface area contributed by atoms with Crippen LogP contribution < -0.4 is 0 Å². The highest BCUT2D eigenvalue weighted by Crippen LogP contribution is 2.38. The molecule has 118 valence electrons. The van der Waals surface area contributed by atoms with E-state index in [9.17, 15) is 9.90 Å². The van der Waals surface area contributed by atoms with Gasteiger partial charge in [-0.3, -0.25) is 4.79 Å². The zero-order valence-corrected chi connectivity index (χ0v) is 13.8. The zero-order valence-electron chi connectivity index (χ0n) is 13.8. The number of rotatable bonds is 5. The SMILES string of the molecule is CC(C)(C)[N-]C(C(=O)O)C([N-]C(C)(C)C)c1ccccc1. The summed E-state index contributed by atoms with van der Waals surface area (Å²) < 4.78 is 0. The van der Waals surface area contributed by atoms with Gasteiger partial charge in [-0.25, -0.2) is 0 Å². The lowest BCUT2D eigenvalue weighted by atomic mass is 9.93. The first-order valence-electron chi connectivity index (χ1n) is 7.21. The molecule has 2 unspecified atom stereocenters. The van der Waals surface area contributed by atoms with Gasteiger partial charge in [0.15, 0.2) is 0 Å². The van der Waals surface area contributed by atoms with Crippen LogP contribution in [0.15, 0.2) is 30.3 Å². The van der Waals surface area contributed by atoms with E-state index in [-0.39, 0.29) is 5.54 Å². The minimum Gasteiger partial charge on any atom is -0.652 e. The molecule has 0 aliphatic rings. The van der Waals surface area contributed by atoms with Crippen molar-refractivity contribution < 1.29 is 9.90 Å². The van der Waals surface area contributed by atoms with Crippen LogP contribution in [0, 0.1) is 0 Å². The van der Waals surface area contributed by atoms with Crippen LogP contribution in [0.5, 0.6) is 0 Å². The predicted octanol–water partition coefficient (Wildman–Crippen LogP) is 4.53. The van der Waals surface area contributed by atoms with Gasteiger partial charge in [-0.15, -0.1) is 17.1 Å². The first kappa shape index (κ1) is 17.7. The van der Waals surface area contributed by atoms with Gasteiger partial charge in [0.1, 0.15) is 0 Å². The van der Waals surface area contributed by atoms with Crippen molar-refractivity contribution in [3.63, 3.8) is 0 Å². The van der Waals surface area contributed by atoms with Crippen LogP contribution in [0.4, 0.5) is 0 Å². The van der Waals surface area contributed by atoms with E-state index >= 15 is 0 Å². The van der Waals surface area contributed by atoms with Gasteiger partial charge in [0.05, 0.1) is 0 Å². The molecule has 0 saturated heterocycles. The Kier molecular flexibility index (Phi) is 5.54. The lowest BCUT2D eigenvalue weighted by Gasteiger charge is -2.54. The lowest BCUT2D eigenvalue weighted by molar-refractivity contribution is -0.138. The summed E-state index contributed by atoms with van der Waals surface area (Å²) in [5, 5.41) is 18.8. The third-order valence-electron chi connectivity index (χ3n) is 2.75. The molecule has 0 spiro atoms. The van der Waals surface area contributed by atoms with Gasteiger partial charge in [0.2, 0.25) is 0 Å². The van der Waals surface area contributed by atoms with Crippen LogP contribution in [-0.2, 0) is 4.79 Å². The summed E-state index contributed by atoms with van der Waals surface area (Å²) >= 11 is 0. The van der Waals surface area contributed by atoms with E-state index in [1.807, 2.05) is 71.9 Å². The second-order valence-electron chi connectivity index (χ2n) is 7.24. The highest BCUT2D eigenvalue weighted by Gasteiger charge is 2.19. The third kappa shape index (κ3) is 6.27. The number of carbonyl (C=O) groups is 1. The number of carboxylic acid groups (broad SMARTS) is 1. The molecule has 0 aromatic heterocycles. The smallest absolute Gasteiger partial charge is 0.284 e. The Morgan fingerprint density at radius 3 is 1.81 bits per heavy atom. The van der Waals surface area contributed by atoms with Gasteiger partial charge in [-0.1, -0.05) is 77.4 Å². The lowest BCUT2D eigenvalue weighted by Crippen LogP contribution is -2.35. The van der Waals surface area contributed by atoms with Crippen LogP contribution in [0.3, 0.4) is 0 Å². The molecule has 0 fully saturated rings. The van der Waals surface area contributed by atoms with Crippen LogP contribution >= 0.6 is 0 Å². The normalized spacial score (nSPS) is 15.5. The van der Waals surface area contributed by atoms with E-state index in [2.05, 4.69) is 5.32 Å². The van der Waals surface area contributed by atoms with Gasteiger partial charge in [0.25, 0.3) is 5.97 Å². The summed E-state index contributed by atoms with van der Waals surface area (Å²) in [5.74, 6) is -0.938. The van der Waals surface area contributed by atoms with Crippen LogP contribution in [0.1, 0.15) is 53.1 Å². The molecular weight excluding hydrogens is 264 g/mol. The average Bonchev–Trinajstić information content (AvgIpc) is 2.32. The quantitative estimate of drug-likeness (QED) is 0.866. The summed E-state index contributed by atoms with van der Waals surface area (Å²) in [5.41, 5.74) is 0.123. The molecule has 1 rings (SSSR count). The van der Waals surface area contributed by atoms with Gasteiger partial charge in [-0.05, 0) is 6.04 Å². The van der Waals surface area contributed by atoms with Crippen molar-refractivity contribution in [2.75, 3.05) is 0 Å². The summed E-state index contributed by atoms with van der Waals surface area (Å²) in [4.78, 5) is 11.7. The topological polar surface area (TPSA) is 65.5 Å². The Bertz CT molecular complexity index is 458. The van der Waals surface area contributed by atoms with E-state index in [4.69, 9.17) is 5.32 Å². The Labute approximate surface area is 128 Å². The zero-order chi connectivity index (χ0) is 16.3. The Balaban J connectivity index is 3.16. The first-order valence-corrected chi connectivity index (χ1v) is 7.21. The second kappa shape index (κ2) is 6.58. The third-order valence-corrected chi connectivity index (χ3v) is 2.75. The molecule has 1 N–H and O–H groups in total. The molecule has 0 amide bonds. The highest BCUT2D eigenvalue weighted by atomic mass is 16.4. The molecule has 0 aliphatic heterocycles. The van der Waals surface area contributed by atoms with Gasteiger partial charge >= 0.3 is 0 Å². The van der Waals surface area contributed by atoms with Crippen molar-refractivity contribution in [2.45, 2.75) is 64.7 Å². The van der Waals surface area contributed by atoms with Crippen molar-refractivity contribution in [3.8, 4) is 0 Å². The number of carboxylic acids is 1. The fourth-order valence-electron chi connectivity index (χ4n) is 2.07. The Morgan fingerprint density at radius 2 is 1.43 bits per heavy atom. The van der Waals surface area contributed by atoms with Gasteiger partial charge in [-0.2, -0.15) is 0 Å². The minimum absolute atomic E-state index is 0.332. The molecule has 1 aromatic rings. The molecule has 4 nitrogen and oxygen atoms in total. The van der Waals surface area contributed by atoms with E-state index in [0.717, 1.165) is 5.56 Å². The molecule has 0 bridgehead atoms. The fraction of sp³-hybridized carbons (Fsp3) is 0.588. The minimum atomic E-state index is -0.938. The van der Waals surface area contributed by atoms with Crippen LogP contribution in [-0.4, -0.2) is 28.2 Å². The molecule has 2 atom stereocenters. The van der Waals surface area contributed by atoms with Crippen molar-refractivity contribution in [3.05, 3.63) is 46.5 Å². The van der Waals surface area contributed by atoms with Gasteiger partial charge in [0, 0.05) is 0 Å². The van der Waals surface area contributed by atoms with Crippen LogP contribution in [0.2, 0.25) is 0 Å². The van der Waals surface area contributed by atoms with E-state index in [1.54, 1.807) is 0 Å². The number of aliphatic carboxylic acids is 1. The molecular formula is C17H26N2O2-2. The monoisotopic (exact) mass is 290 g/mol. The maximum absolute atomic E-state index is 11.7. The van der Waals surface area contributed by atoms with Crippen molar-refractivity contribution >= 4 is 5.97 Å². The molecule has 0 heterocycles. The largest absolute Gasteiger partial charge is 0.652 e. The van der Waals surface area contributed by atoms with E-state index in [1.165, 1.54) is 0 Å². The second-order valence-corrected chi connectivity index (χ2v) is 7.24. The number of nitrogens with zero attached hydrogens (tertiary/aromatic N) is 2. The maximum atomic E-state index is 11.7. The summed E-state index contributed by atoms with van der Waals surface area (Å²) in [7, 11) is 0. The first-order chi connectivity index (χ1) is 9.49.